The molecule has 0 fully saturated rings. The Labute approximate surface area is 108 Å². The molecule has 0 unspecified atom stereocenters. The lowest BCUT2D eigenvalue weighted by Crippen LogP contribution is -2.09. The molecular weight excluding hydrogens is 232 g/mol. The van der Waals surface area contributed by atoms with Crippen LogP contribution in [0.1, 0.15) is 35.3 Å². The van der Waals surface area contributed by atoms with Crippen LogP contribution < -0.4 is 9.47 Å². The van der Waals surface area contributed by atoms with Gasteiger partial charge in [0.05, 0.1) is 25.9 Å². The van der Waals surface area contributed by atoms with E-state index in [4.69, 9.17) is 14.2 Å². The largest absolute Gasteiger partial charge is 0.493 e. The fourth-order valence-corrected chi connectivity index (χ4v) is 1.85. The molecule has 0 radical (unpaired) electrons. The van der Waals surface area contributed by atoms with Crippen molar-refractivity contribution < 1.29 is 19.0 Å². The monoisotopic (exact) mass is 252 g/mol. The first-order valence-electron chi connectivity index (χ1n) is 6.04. The Bertz CT molecular complexity index is 438. The number of ether oxygens (including phenoxy) is 3. The zero-order valence-electron chi connectivity index (χ0n) is 11.6. The number of carbonyl (C=O) groups is 1. The molecule has 0 spiro atoms. The van der Waals surface area contributed by atoms with Crippen LogP contribution in [0.5, 0.6) is 11.5 Å². The van der Waals surface area contributed by atoms with Crippen LogP contribution in [0, 0.1) is 13.8 Å². The highest BCUT2D eigenvalue weighted by atomic mass is 16.5. The summed E-state index contributed by atoms with van der Waals surface area (Å²) in [6.45, 7) is 8.65. The van der Waals surface area contributed by atoms with E-state index >= 15 is 0 Å². The van der Waals surface area contributed by atoms with Gasteiger partial charge in [-0.25, -0.2) is 4.79 Å². The van der Waals surface area contributed by atoms with E-state index in [-0.39, 0.29) is 5.97 Å². The number of carbonyl (C=O) groups excluding carboxylic acids is 1. The van der Waals surface area contributed by atoms with Crippen LogP contribution in [0.25, 0.3) is 0 Å². The summed E-state index contributed by atoms with van der Waals surface area (Å²) in [4.78, 5) is 11.7. The first-order valence-corrected chi connectivity index (χ1v) is 6.04. The highest BCUT2D eigenvalue weighted by molar-refractivity contribution is 5.92. The highest BCUT2D eigenvalue weighted by Gasteiger charge is 2.19. The van der Waals surface area contributed by atoms with Gasteiger partial charge in [-0.1, -0.05) is 0 Å². The lowest BCUT2D eigenvalue weighted by atomic mass is 10.0. The van der Waals surface area contributed by atoms with Gasteiger partial charge in [0.1, 0.15) is 11.5 Å². The quantitative estimate of drug-likeness (QED) is 0.756. The van der Waals surface area contributed by atoms with Gasteiger partial charge in [0, 0.05) is 11.1 Å². The van der Waals surface area contributed by atoms with Crippen molar-refractivity contribution in [2.75, 3.05) is 20.3 Å². The van der Waals surface area contributed by atoms with Gasteiger partial charge in [-0.05, 0) is 33.8 Å². The van der Waals surface area contributed by atoms with E-state index in [1.165, 1.54) is 7.11 Å². The number of benzene rings is 1. The van der Waals surface area contributed by atoms with E-state index in [2.05, 4.69) is 0 Å². The third-order valence-electron chi connectivity index (χ3n) is 2.72. The molecule has 0 aromatic heterocycles. The Morgan fingerprint density at radius 1 is 1.11 bits per heavy atom. The Balaban J connectivity index is 3.39. The molecule has 0 aliphatic carbocycles. The summed E-state index contributed by atoms with van der Waals surface area (Å²) in [6, 6.07) is 1.71. The van der Waals surface area contributed by atoms with Crippen molar-refractivity contribution in [2.24, 2.45) is 0 Å². The van der Waals surface area contributed by atoms with E-state index in [0.717, 1.165) is 11.1 Å². The highest BCUT2D eigenvalue weighted by Crippen LogP contribution is 2.34. The third-order valence-corrected chi connectivity index (χ3v) is 2.72. The Hall–Kier alpha value is -1.71. The lowest BCUT2D eigenvalue weighted by Gasteiger charge is -2.17. The SMILES string of the molecule is CCOc1cc(C(=O)OC)c(C)c(OCC)c1C. The molecular formula is C14H20O4. The molecule has 1 aromatic carbocycles. The number of rotatable bonds is 5. The molecule has 0 aliphatic heterocycles. The average molecular weight is 252 g/mol. The summed E-state index contributed by atoms with van der Waals surface area (Å²) in [5.41, 5.74) is 2.17. The topological polar surface area (TPSA) is 44.8 Å². The Morgan fingerprint density at radius 3 is 2.22 bits per heavy atom. The lowest BCUT2D eigenvalue weighted by molar-refractivity contribution is 0.0598. The van der Waals surface area contributed by atoms with Crippen LogP contribution in [0.15, 0.2) is 6.07 Å². The van der Waals surface area contributed by atoms with Gasteiger partial charge in [-0.3, -0.25) is 0 Å². The van der Waals surface area contributed by atoms with Crippen LogP contribution in [-0.4, -0.2) is 26.3 Å². The van der Waals surface area contributed by atoms with Gasteiger partial charge in [0.25, 0.3) is 0 Å². The van der Waals surface area contributed by atoms with Crippen molar-refractivity contribution in [3.05, 3.63) is 22.8 Å². The van der Waals surface area contributed by atoms with Crippen molar-refractivity contribution >= 4 is 5.97 Å². The maximum absolute atomic E-state index is 11.7. The summed E-state index contributed by atoms with van der Waals surface area (Å²) < 4.78 is 15.9. The first-order chi connectivity index (χ1) is 8.56. The van der Waals surface area contributed by atoms with Crippen LogP contribution in [0.4, 0.5) is 0 Å². The van der Waals surface area contributed by atoms with Crippen LogP contribution >= 0.6 is 0 Å². The van der Waals surface area contributed by atoms with E-state index in [9.17, 15) is 4.79 Å². The van der Waals surface area contributed by atoms with E-state index in [1.54, 1.807) is 6.07 Å². The summed E-state index contributed by atoms with van der Waals surface area (Å²) in [7, 11) is 1.36. The van der Waals surface area contributed by atoms with Gasteiger partial charge in [0.2, 0.25) is 0 Å². The fourth-order valence-electron chi connectivity index (χ4n) is 1.85. The molecule has 0 atom stereocenters. The molecule has 0 N–H and O–H groups in total. The molecule has 0 heterocycles. The molecule has 100 valence electrons. The molecule has 4 nitrogen and oxygen atoms in total. The van der Waals surface area contributed by atoms with Gasteiger partial charge in [0.15, 0.2) is 0 Å². The predicted octanol–water partition coefficient (Wildman–Crippen LogP) is 2.89. The predicted molar refractivity (Wildman–Crippen MR) is 69.6 cm³/mol. The molecule has 0 aliphatic rings. The third kappa shape index (κ3) is 2.75. The molecule has 0 saturated carbocycles. The number of esters is 1. The van der Waals surface area contributed by atoms with Gasteiger partial charge in [-0.15, -0.1) is 0 Å². The second-order valence-electron chi connectivity index (χ2n) is 3.86. The second kappa shape index (κ2) is 6.28. The summed E-state index contributed by atoms with van der Waals surface area (Å²) in [5.74, 6) is 0.977. The smallest absolute Gasteiger partial charge is 0.338 e. The van der Waals surface area contributed by atoms with Crippen LogP contribution in [0.2, 0.25) is 0 Å². The van der Waals surface area contributed by atoms with E-state index in [1.807, 2.05) is 27.7 Å². The minimum Gasteiger partial charge on any atom is -0.493 e. The summed E-state index contributed by atoms with van der Waals surface area (Å²) in [5, 5.41) is 0. The molecule has 1 aromatic rings. The number of hydrogen-bond acceptors (Lipinski definition) is 4. The molecule has 0 amide bonds. The maximum Gasteiger partial charge on any atom is 0.338 e. The van der Waals surface area contributed by atoms with Crippen molar-refractivity contribution in [3.8, 4) is 11.5 Å². The molecule has 1 rings (SSSR count). The first kappa shape index (κ1) is 14.4. The molecule has 0 bridgehead atoms. The minimum absolute atomic E-state index is 0.380. The summed E-state index contributed by atoms with van der Waals surface area (Å²) in [6.07, 6.45) is 0. The molecule has 0 saturated heterocycles. The second-order valence-corrected chi connectivity index (χ2v) is 3.86. The van der Waals surface area contributed by atoms with Crippen molar-refractivity contribution in [1.82, 2.24) is 0 Å². The van der Waals surface area contributed by atoms with Crippen LogP contribution in [-0.2, 0) is 4.74 Å². The Morgan fingerprint density at radius 2 is 1.72 bits per heavy atom. The zero-order chi connectivity index (χ0) is 13.7. The average Bonchev–Trinajstić information content (AvgIpc) is 2.37. The van der Waals surface area contributed by atoms with E-state index < -0.39 is 0 Å². The standard InChI is InChI=1S/C14H20O4/c1-6-17-12-8-11(14(15)16-5)9(3)13(10(12)4)18-7-2/h8H,6-7H2,1-5H3. The fraction of sp³-hybridized carbons (Fsp3) is 0.500. The van der Waals surface area contributed by atoms with Gasteiger partial charge < -0.3 is 14.2 Å². The Kier molecular flexibility index (Phi) is 5.01. The number of hydrogen-bond donors (Lipinski definition) is 0. The van der Waals surface area contributed by atoms with Crippen molar-refractivity contribution in [3.63, 3.8) is 0 Å². The van der Waals surface area contributed by atoms with Crippen molar-refractivity contribution in [1.29, 1.82) is 0 Å². The normalized spacial score (nSPS) is 10.1. The molecule has 4 heteroatoms. The van der Waals surface area contributed by atoms with Crippen LogP contribution in [0.3, 0.4) is 0 Å². The summed E-state index contributed by atoms with van der Waals surface area (Å²) >= 11 is 0. The van der Waals surface area contributed by atoms with Crippen molar-refractivity contribution in [2.45, 2.75) is 27.7 Å². The minimum atomic E-state index is -0.380. The van der Waals surface area contributed by atoms with E-state index in [0.29, 0.717) is 30.3 Å². The van der Waals surface area contributed by atoms with Gasteiger partial charge in [-0.2, -0.15) is 0 Å². The number of methoxy groups -OCH3 is 1. The zero-order valence-corrected chi connectivity index (χ0v) is 11.6. The maximum atomic E-state index is 11.7. The van der Waals surface area contributed by atoms with Gasteiger partial charge >= 0.3 is 5.97 Å². The molecule has 18 heavy (non-hydrogen) atoms.